The fourth-order valence-electron chi connectivity index (χ4n) is 1.40. The summed E-state index contributed by atoms with van der Waals surface area (Å²) in [5, 5.41) is 8.65. The molecule has 2 nitrogen and oxygen atoms in total. The number of unbranched alkanes of at least 4 members (excludes halogenated alkanes) is 1. The molecule has 0 aliphatic rings. The molecule has 0 radical (unpaired) electrons. The smallest absolute Gasteiger partial charge is 0.126 e. The Labute approximate surface area is 105 Å². The number of hydrogen-bond acceptors (Lipinski definition) is 2. The van der Waals surface area contributed by atoms with Gasteiger partial charge in [0.05, 0.1) is 7.11 Å². The van der Waals surface area contributed by atoms with Crippen molar-refractivity contribution in [2.24, 2.45) is 0 Å². The molecular formula is C15H24O2. The van der Waals surface area contributed by atoms with E-state index in [0.29, 0.717) is 0 Å². The zero-order chi connectivity index (χ0) is 13.1. The Morgan fingerprint density at radius 1 is 1.29 bits per heavy atom. The molecule has 0 saturated heterocycles. The van der Waals surface area contributed by atoms with Crippen molar-refractivity contribution in [1.29, 1.82) is 0 Å². The zero-order valence-corrected chi connectivity index (χ0v) is 11.4. The Morgan fingerprint density at radius 3 is 2.59 bits per heavy atom. The van der Waals surface area contributed by atoms with Gasteiger partial charge in [-0.05, 0) is 31.9 Å². The molecule has 0 aliphatic carbocycles. The van der Waals surface area contributed by atoms with Crippen LogP contribution >= 0.6 is 0 Å². The second-order valence-corrected chi connectivity index (χ2v) is 3.51. The number of allylic oxidation sites excluding steroid dienone is 1. The summed E-state index contributed by atoms with van der Waals surface area (Å²) in [4.78, 5) is 0. The summed E-state index contributed by atoms with van der Waals surface area (Å²) in [5.41, 5.74) is 2.31. The Hall–Kier alpha value is -1.28. The molecule has 17 heavy (non-hydrogen) atoms. The predicted octanol–water partition coefficient (Wildman–Crippen LogP) is 3.82. The van der Waals surface area contributed by atoms with Crippen LogP contribution in [0.3, 0.4) is 0 Å². The Bertz CT molecular complexity index is 330. The average molecular weight is 236 g/mol. The van der Waals surface area contributed by atoms with Crippen LogP contribution in [0.25, 0.3) is 6.08 Å². The number of methoxy groups -OCH3 is 1. The number of aliphatic hydroxyl groups is 1. The van der Waals surface area contributed by atoms with Crippen LogP contribution in [0.2, 0.25) is 0 Å². The van der Waals surface area contributed by atoms with E-state index in [1.165, 1.54) is 5.56 Å². The van der Waals surface area contributed by atoms with Crippen molar-refractivity contribution in [2.75, 3.05) is 13.7 Å². The largest absolute Gasteiger partial charge is 0.496 e. The van der Waals surface area contributed by atoms with Crippen molar-refractivity contribution in [3.8, 4) is 5.75 Å². The monoisotopic (exact) mass is 236 g/mol. The van der Waals surface area contributed by atoms with E-state index in [2.05, 4.69) is 19.1 Å². The average Bonchev–Trinajstić information content (AvgIpc) is 2.37. The fourth-order valence-corrected chi connectivity index (χ4v) is 1.40. The highest BCUT2D eigenvalue weighted by atomic mass is 16.5. The molecule has 0 bridgehead atoms. The second kappa shape index (κ2) is 9.91. The van der Waals surface area contributed by atoms with Crippen molar-refractivity contribution >= 4 is 6.08 Å². The number of aryl methyl sites for hydroxylation is 1. The third-order valence-corrected chi connectivity index (χ3v) is 2.21. The highest BCUT2D eigenvalue weighted by molar-refractivity contribution is 5.58. The zero-order valence-electron chi connectivity index (χ0n) is 11.4. The van der Waals surface area contributed by atoms with Crippen molar-refractivity contribution in [2.45, 2.75) is 33.6 Å². The van der Waals surface area contributed by atoms with E-state index in [9.17, 15) is 0 Å². The van der Waals surface area contributed by atoms with Crippen molar-refractivity contribution in [3.63, 3.8) is 0 Å². The van der Waals surface area contributed by atoms with Gasteiger partial charge in [0.1, 0.15) is 5.75 Å². The summed E-state index contributed by atoms with van der Waals surface area (Å²) in [6, 6.07) is 6.10. The molecule has 1 aromatic carbocycles. The molecule has 0 atom stereocenters. The van der Waals surface area contributed by atoms with Crippen LogP contribution in [-0.2, 0) is 0 Å². The third-order valence-electron chi connectivity index (χ3n) is 2.21. The summed E-state index contributed by atoms with van der Waals surface area (Å²) in [5.74, 6) is 0.890. The van der Waals surface area contributed by atoms with Gasteiger partial charge in [-0.3, -0.25) is 0 Å². The molecule has 1 aromatic rings. The summed E-state index contributed by atoms with van der Waals surface area (Å²) >= 11 is 0. The molecule has 1 N–H and O–H groups in total. The number of hydrogen-bond donors (Lipinski definition) is 1. The lowest BCUT2D eigenvalue weighted by atomic mass is 10.1. The summed E-state index contributed by atoms with van der Waals surface area (Å²) in [6.45, 7) is 6.31. The first-order valence-electron chi connectivity index (χ1n) is 6.20. The van der Waals surface area contributed by atoms with Crippen LogP contribution in [0.1, 0.15) is 37.8 Å². The maximum atomic E-state index is 8.65. The number of rotatable bonds is 5. The first kappa shape index (κ1) is 15.7. The Balaban J connectivity index is 0.00000121. The van der Waals surface area contributed by atoms with Crippen LogP contribution in [0, 0.1) is 6.92 Å². The van der Waals surface area contributed by atoms with Gasteiger partial charge in [-0.2, -0.15) is 0 Å². The van der Waals surface area contributed by atoms with Gasteiger partial charge in [0, 0.05) is 12.2 Å². The maximum Gasteiger partial charge on any atom is 0.126 e. The van der Waals surface area contributed by atoms with Gasteiger partial charge in [-0.1, -0.05) is 37.6 Å². The molecular weight excluding hydrogens is 212 g/mol. The van der Waals surface area contributed by atoms with Gasteiger partial charge < -0.3 is 9.84 Å². The topological polar surface area (TPSA) is 29.5 Å². The quantitative estimate of drug-likeness (QED) is 0.788. The first-order valence-corrected chi connectivity index (χ1v) is 6.20. The minimum atomic E-state index is 0.245. The number of benzene rings is 1. The van der Waals surface area contributed by atoms with E-state index in [1.54, 1.807) is 7.11 Å². The van der Waals surface area contributed by atoms with Gasteiger partial charge >= 0.3 is 0 Å². The van der Waals surface area contributed by atoms with Crippen molar-refractivity contribution in [1.82, 2.24) is 0 Å². The second-order valence-electron chi connectivity index (χ2n) is 3.51. The molecule has 0 amide bonds. The van der Waals surface area contributed by atoms with Gasteiger partial charge in [-0.25, -0.2) is 0 Å². The lowest BCUT2D eigenvalue weighted by Crippen LogP contribution is -1.87. The van der Waals surface area contributed by atoms with Gasteiger partial charge in [-0.15, -0.1) is 0 Å². The SMILES string of the molecule is CC.COc1ccc(C)cc1/C=C/CCCO. The molecule has 0 heterocycles. The van der Waals surface area contributed by atoms with E-state index in [4.69, 9.17) is 9.84 Å². The minimum Gasteiger partial charge on any atom is -0.496 e. The van der Waals surface area contributed by atoms with Crippen LogP contribution in [-0.4, -0.2) is 18.8 Å². The lowest BCUT2D eigenvalue weighted by molar-refractivity contribution is 0.290. The van der Waals surface area contributed by atoms with Crippen molar-refractivity contribution in [3.05, 3.63) is 35.4 Å². The van der Waals surface area contributed by atoms with E-state index < -0.39 is 0 Å². The van der Waals surface area contributed by atoms with Crippen LogP contribution in [0.4, 0.5) is 0 Å². The predicted molar refractivity (Wildman–Crippen MR) is 74.4 cm³/mol. The molecule has 0 saturated carbocycles. The Morgan fingerprint density at radius 2 is 2.00 bits per heavy atom. The first-order chi connectivity index (χ1) is 8.27. The molecule has 0 aliphatic heterocycles. The molecule has 0 unspecified atom stereocenters. The van der Waals surface area contributed by atoms with Gasteiger partial charge in [0.15, 0.2) is 0 Å². The molecule has 0 aromatic heterocycles. The Kier molecular flexibility index (Phi) is 9.17. The summed E-state index contributed by atoms with van der Waals surface area (Å²) in [7, 11) is 1.68. The van der Waals surface area contributed by atoms with E-state index >= 15 is 0 Å². The van der Waals surface area contributed by atoms with Crippen LogP contribution in [0.5, 0.6) is 5.75 Å². The molecule has 0 spiro atoms. The van der Waals surface area contributed by atoms with Crippen LogP contribution < -0.4 is 4.74 Å². The van der Waals surface area contributed by atoms with Gasteiger partial charge in [0.25, 0.3) is 0 Å². The highest BCUT2D eigenvalue weighted by Gasteiger charge is 1.98. The van der Waals surface area contributed by atoms with E-state index in [1.807, 2.05) is 32.1 Å². The van der Waals surface area contributed by atoms with E-state index in [-0.39, 0.29) is 6.61 Å². The van der Waals surface area contributed by atoms with Gasteiger partial charge in [0.2, 0.25) is 0 Å². The molecule has 96 valence electrons. The van der Waals surface area contributed by atoms with E-state index in [0.717, 1.165) is 24.2 Å². The minimum absolute atomic E-state index is 0.245. The third kappa shape index (κ3) is 6.12. The molecule has 2 heteroatoms. The number of aliphatic hydroxyl groups excluding tert-OH is 1. The standard InChI is InChI=1S/C13H18O2.C2H6/c1-11-7-8-13(15-2)12(10-11)6-4-3-5-9-14;1-2/h4,6-8,10,14H,3,5,9H2,1-2H3;1-2H3/b6-4+;. The number of ether oxygens (including phenoxy) is 1. The maximum absolute atomic E-state index is 8.65. The summed E-state index contributed by atoms with van der Waals surface area (Å²) < 4.78 is 5.26. The fraction of sp³-hybridized carbons (Fsp3) is 0.467. The lowest BCUT2D eigenvalue weighted by Gasteiger charge is -2.05. The summed E-state index contributed by atoms with van der Waals surface area (Å²) in [6.07, 6.45) is 5.81. The highest BCUT2D eigenvalue weighted by Crippen LogP contribution is 2.21. The normalized spacial score (nSPS) is 9.94. The molecule has 0 fully saturated rings. The van der Waals surface area contributed by atoms with Crippen molar-refractivity contribution < 1.29 is 9.84 Å². The van der Waals surface area contributed by atoms with Crippen LogP contribution in [0.15, 0.2) is 24.3 Å². The molecule has 1 rings (SSSR count).